The van der Waals surface area contributed by atoms with Crippen molar-refractivity contribution >= 4 is 35.1 Å². The second-order valence-electron chi connectivity index (χ2n) is 13.3. The number of esters is 1. The van der Waals surface area contributed by atoms with Crippen LogP contribution in [0.2, 0.25) is 0 Å². The molecule has 11 nitrogen and oxygen atoms in total. The van der Waals surface area contributed by atoms with Crippen LogP contribution in [-0.2, 0) is 28.7 Å². The van der Waals surface area contributed by atoms with Gasteiger partial charge in [0.05, 0.1) is 18.6 Å². The first-order valence-electron chi connectivity index (χ1n) is 17.9. The Morgan fingerprint density at radius 1 is 0.940 bits per heavy atom. The van der Waals surface area contributed by atoms with Crippen LogP contribution >= 0.6 is 0 Å². The van der Waals surface area contributed by atoms with E-state index >= 15 is 0 Å². The quantitative estimate of drug-likeness (QED) is 0.219. The molecule has 6 rings (SSSR count). The number of ether oxygens (including phenoxy) is 2. The molecule has 1 spiro atoms. The number of hydrogen-bond donors (Lipinski definition) is 2. The van der Waals surface area contributed by atoms with Crippen LogP contribution in [0, 0.1) is 11.8 Å². The second-order valence-corrected chi connectivity index (χ2v) is 13.3. The first kappa shape index (κ1) is 35.3. The van der Waals surface area contributed by atoms with Gasteiger partial charge in [0.15, 0.2) is 0 Å². The number of benzene rings is 2. The minimum absolute atomic E-state index is 0.0386. The van der Waals surface area contributed by atoms with E-state index in [2.05, 4.69) is 24.1 Å². The molecule has 0 unspecified atom stereocenters. The topological polar surface area (TPSA) is 129 Å². The molecule has 2 fully saturated rings. The highest BCUT2D eigenvalue weighted by Crippen LogP contribution is 2.53. The summed E-state index contributed by atoms with van der Waals surface area (Å²) in [6, 6.07) is 16.1. The van der Waals surface area contributed by atoms with E-state index in [0.717, 1.165) is 18.8 Å². The zero-order chi connectivity index (χ0) is 35.3. The van der Waals surface area contributed by atoms with Gasteiger partial charge in [-0.25, -0.2) is 0 Å². The van der Waals surface area contributed by atoms with Crippen molar-refractivity contribution in [2.75, 3.05) is 49.1 Å². The van der Waals surface area contributed by atoms with Crippen LogP contribution in [0.5, 0.6) is 0 Å². The third-order valence-electron chi connectivity index (χ3n) is 10.4. The van der Waals surface area contributed by atoms with Gasteiger partial charge in [-0.2, -0.15) is 0 Å². The van der Waals surface area contributed by atoms with Gasteiger partial charge < -0.3 is 34.6 Å². The molecule has 11 heteroatoms. The van der Waals surface area contributed by atoms with E-state index < -0.39 is 41.7 Å². The van der Waals surface area contributed by atoms with Crippen molar-refractivity contribution < 1.29 is 33.8 Å². The number of fused-ring (bicyclic) bond motifs is 2. The van der Waals surface area contributed by atoms with E-state index in [0.29, 0.717) is 36.9 Å². The monoisotopic (exact) mass is 684 g/mol. The van der Waals surface area contributed by atoms with Crippen LogP contribution < -0.4 is 15.1 Å². The Labute approximate surface area is 293 Å². The van der Waals surface area contributed by atoms with Crippen molar-refractivity contribution in [3.8, 4) is 0 Å². The molecule has 4 heterocycles. The summed E-state index contributed by atoms with van der Waals surface area (Å²) in [4.78, 5) is 62.0. The van der Waals surface area contributed by atoms with Gasteiger partial charge in [-0.15, -0.1) is 0 Å². The van der Waals surface area contributed by atoms with E-state index in [1.165, 1.54) is 0 Å². The third kappa shape index (κ3) is 6.81. The molecule has 4 aliphatic heterocycles. The molecule has 0 radical (unpaired) electrons. The molecule has 2 saturated heterocycles. The molecule has 266 valence electrons. The normalized spacial score (nSPS) is 28.8. The van der Waals surface area contributed by atoms with Gasteiger partial charge in [0.25, 0.3) is 5.91 Å². The maximum Gasteiger partial charge on any atom is 0.313 e. The zero-order valence-electron chi connectivity index (χ0n) is 28.9. The van der Waals surface area contributed by atoms with Gasteiger partial charge in [0, 0.05) is 50.6 Å². The molecule has 0 aliphatic carbocycles. The Morgan fingerprint density at radius 2 is 1.70 bits per heavy atom. The minimum Gasteiger partial charge on any atom is -0.455 e. The molecule has 2 aromatic carbocycles. The average Bonchev–Trinajstić information content (AvgIpc) is 3.51. The molecular weight excluding hydrogens is 636 g/mol. The third-order valence-corrected chi connectivity index (χ3v) is 10.4. The molecule has 50 heavy (non-hydrogen) atoms. The predicted molar refractivity (Wildman–Crippen MR) is 189 cm³/mol. The molecule has 2 aromatic rings. The van der Waals surface area contributed by atoms with Gasteiger partial charge in [-0.05, 0) is 69.4 Å². The number of aliphatic hydroxyl groups excluding tert-OH is 1. The van der Waals surface area contributed by atoms with E-state index in [9.17, 15) is 24.3 Å². The number of allylic oxidation sites excluding steroid dienone is 1. The zero-order valence-corrected chi connectivity index (χ0v) is 28.9. The number of anilines is 2. The van der Waals surface area contributed by atoms with Crippen molar-refractivity contribution in [2.24, 2.45) is 11.8 Å². The maximum absolute atomic E-state index is 14.8. The van der Waals surface area contributed by atoms with Crippen LogP contribution in [0.1, 0.15) is 57.6 Å². The fourth-order valence-electron chi connectivity index (χ4n) is 7.88. The lowest BCUT2D eigenvalue weighted by molar-refractivity contribution is -0.159. The summed E-state index contributed by atoms with van der Waals surface area (Å²) in [5.41, 5.74) is 1.05. The number of hydrogen-bond acceptors (Lipinski definition) is 8. The summed E-state index contributed by atoms with van der Waals surface area (Å²) < 4.78 is 13.0. The summed E-state index contributed by atoms with van der Waals surface area (Å²) >= 11 is 0. The summed E-state index contributed by atoms with van der Waals surface area (Å²) in [7, 11) is 0. The lowest BCUT2D eigenvalue weighted by Crippen LogP contribution is -2.55. The lowest BCUT2D eigenvalue weighted by Gasteiger charge is -2.35. The van der Waals surface area contributed by atoms with Gasteiger partial charge in [0.2, 0.25) is 11.8 Å². The van der Waals surface area contributed by atoms with Gasteiger partial charge in [0.1, 0.15) is 23.7 Å². The molecule has 0 bridgehead atoms. The van der Waals surface area contributed by atoms with Crippen LogP contribution in [0.3, 0.4) is 0 Å². The fourth-order valence-corrected chi connectivity index (χ4v) is 7.88. The highest BCUT2D eigenvalue weighted by molar-refractivity contribution is 6.05. The van der Waals surface area contributed by atoms with Crippen molar-refractivity contribution in [1.82, 2.24) is 10.2 Å². The van der Waals surface area contributed by atoms with Crippen molar-refractivity contribution in [1.29, 1.82) is 0 Å². The van der Waals surface area contributed by atoms with E-state index in [1.807, 2.05) is 66.7 Å². The van der Waals surface area contributed by atoms with E-state index in [4.69, 9.17) is 9.47 Å². The number of rotatable bonds is 10. The number of unbranched alkanes of at least 4 members (excludes halogenated alkanes) is 2. The van der Waals surface area contributed by atoms with Crippen LogP contribution in [0.15, 0.2) is 78.9 Å². The van der Waals surface area contributed by atoms with Gasteiger partial charge in [-0.1, -0.05) is 54.6 Å². The summed E-state index contributed by atoms with van der Waals surface area (Å²) in [6.45, 7) is 6.58. The van der Waals surface area contributed by atoms with Gasteiger partial charge in [-0.3, -0.25) is 19.2 Å². The molecule has 2 N–H and O–H groups in total. The standard InChI is InChI=1S/C39H48N4O7/c1-3-41(4-2)28-18-20-29(21-19-28)42-24-13-22-39-34(36(46)43(35(39)37(42)47)23-11-6-12-25-44)33-30(50-39)16-9-10-17-32(45)40-26-31(49-38(33)48)27-14-7-5-8-15-27/h5,7-9,13-16,18-22,30-31,33-35,44H,3-4,6,10-12,17,23-26H2,1-2H3,(H,40,45)/b16-9-/t30-,31+,33+,34+,35-,39+/m0/s1. The summed E-state index contributed by atoms with van der Waals surface area (Å²) in [5, 5.41) is 12.3. The smallest absolute Gasteiger partial charge is 0.313 e. The first-order valence-corrected chi connectivity index (χ1v) is 17.9. The molecular formula is C39H48N4O7. The predicted octanol–water partition coefficient (Wildman–Crippen LogP) is 3.93. The molecule has 6 atom stereocenters. The number of cyclic esters (lactones) is 1. The second kappa shape index (κ2) is 15.6. The minimum atomic E-state index is -1.42. The first-order chi connectivity index (χ1) is 24.3. The van der Waals surface area contributed by atoms with Crippen molar-refractivity contribution in [2.45, 2.75) is 69.8 Å². The van der Waals surface area contributed by atoms with Crippen LogP contribution in [0.4, 0.5) is 11.4 Å². The number of carbonyl (C=O) groups excluding carboxylic acids is 4. The molecule has 0 saturated carbocycles. The largest absolute Gasteiger partial charge is 0.455 e. The van der Waals surface area contributed by atoms with Crippen LogP contribution in [0.25, 0.3) is 0 Å². The molecule has 4 aliphatic rings. The van der Waals surface area contributed by atoms with E-state index in [-0.39, 0.29) is 50.4 Å². The number of aliphatic hydroxyl groups is 1. The van der Waals surface area contributed by atoms with E-state index in [1.54, 1.807) is 22.0 Å². The van der Waals surface area contributed by atoms with Gasteiger partial charge >= 0.3 is 5.97 Å². The Morgan fingerprint density at radius 3 is 2.42 bits per heavy atom. The number of amides is 3. The number of nitrogens with zero attached hydrogens (tertiary/aromatic N) is 3. The summed E-state index contributed by atoms with van der Waals surface area (Å²) in [6.07, 6.45) is 8.08. The van der Waals surface area contributed by atoms with Crippen molar-refractivity contribution in [3.63, 3.8) is 0 Å². The fraction of sp³-hybridized carbons (Fsp3) is 0.487. The Hall–Kier alpha value is -4.48. The van der Waals surface area contributed by atoms with Crippen LogP contribution in [-0.4, -0.2) is 90.8 Å². The van der Waals surface area contributed by atoms with Crippen molar-refractivity contribution in [3.05, 3.63) is 84.5 Å². The SMILES string of the molecule is CCN(CC)c1ccc(N2CC=C[C@@]34O[C@H]5/C=C\CCC(=O)NC[C@H](c6ccccc6)OC(=O)[C@H]5[C@@H]3C(=O)N(CCCCCO)[C@H]4C2=O)cc1. The average molecular weight is 685 g/mol. The number of carbonyl (C=O) groups is 4. The Bertz CT molecular complexity index is 1590. The Kier molecular flexibility index (Phi) is 11.0. The number of likely N-dealkylation sites (tertiary alicyclic amines) is 1. The lowest BCUT2D eigenvalue weighted by atomic mass is 9.78. The Balaban J connectivity index is 1.38. The molecule has 3 amide bonds. The highest BCUT2D eigenvalue weighted by Gasteiger charge is 2.71. The highest BCUT2D eigenvalue weighted by atomic mass is 16.6. The summed E-state index contributed by atoms with van der Waals surface area (Å²) in [5.74, 6) is -3.43. The number of nitrogens with one attached hydrogen (secondary N) is 1. The molecule has 0 aromatic heterocycles. The maximum atomic E-state index is 14.8.